The van der Waals surface area contributed by atoms with Crippen LogP contribution in [0.25, 0.3) is 0 Å². The summed E-state index contributed by atoms with van der Waals surface area (Å²) in [5, 5.41) is 12.0. The summed E-state index contributed by atoms with van der Waals surface area (Å²) >= 11 is 0. The predicted octanol–water partition coefficient (Wildman–Crippen LogP) is 1.57. The smallest absolute Gasteiger partial charge is 0.122 e. The van der Waals surface area contributed by atoms with Gasteiger partial charge in [0.25, 0.3) is 0 Å². The zero-order valence-electron chi connectivity index (χ0n) is 9.53. The van der Waals surface area contributed by atoms with Gasteiger partial charge in [-0.05, 0) is 38.4 Å². The minimum absolute atomic E-state index is 0.643. The molecule has 0 aromatic heterocycles. The zero-order chi connectivity index (χ0) is 10.9. The van der Waals surface area contributed by atoms with Crippen molar-refractivity contribution < 1.29 is 6.52 Å². The van der Waals surface area contributed by atoms with Crippen LogP contribution < -0.4 is 5.31 Å². The van der Waals surface area contributed by atoms with E-state index in [0.717, 1.165) is 5.56 Å². The van der Waals surface area contributed by atoms with Crippen LogP contribution in [0.4, 0.5) is 0 Å². The molecule has 0 radical (unpaired) electrons. The predicted molar refractivity (Wildman–Crippen MR) is 57.2 cm³/mol. The summed E-state index contributed by atoms with van der Waals surface area (Å²) in [5.41, 5.74) is 1.48. The van der Waals surface area contributed by atoms with Gasteiger partial charge in [0.05, 0.1) is 5.60 Å². The minimum atomic E-state index is -0.717. The Morgan fingerprint density at radius 3 is 2.43 bits per heavy atom. The molecule has 0 spiro atoms. The van der Waals surface area contributed by atoms with E-state index in [1.807, 2.05) is 31.2 Å². The van der Waals surface area contributed by atoms with E-state index in [1.165, 1.54) is 10.9 Å². The van der Waals surface area contributed by atoms with E-state index < -0.39 is 5.60 Å². The van der Waals surface area contributed by atoms with Crippen LogP contribution in [0, 0.1) is 6.92 Å². The first-order chi connectivity index (χ1) is 7.10. The number of aliphatic hydroxyl groups is 1. The van der Waals surface area contributed by atoms with Crippen molar-refractivity contribution in [2.24, 2.45) is 0 Å². The molecule has 1 aromatic rings. The summed E-state index contributed by atoms with van der Waals surface area (Å²) in [6.07, 6.45) is 1.30. The number of benzene rings is 1. The van der Waals surface area contributed by atoms with Gasteiger partial charge in [-0.25, -0.2) is 0 Å². The number of rotatable bonds is 1. The molecule has 1 aromatic carbocycles. The van der Waals surface area contributed by atoms with Crippen LogP contribution in [0.1, 0.15) is 24.0 Å². The SMILES string of the molecule is [2H]N1CCC(O)(c2ccc(C)cc2)CC1. The molecule has 2 rings (SSSR count). The summed E-state index contributed by atoms with van der Waals surface area (Å²) in [5.74, 6) is 0. The van der Waals surface area contributed by atoms with Crippen molar-refractivity contribution in [2.75, 3.05) is 13.1 Å². The van der Waals surface area contributed by atoms with Crippen molar-refractivity contribution in [3.8, 4) is 0 Å². The number of aryl methyl sites for hydroxylation is 1. The fraction of sp³-hybridized carbons (Fsp3) is 0.500. The van der Waals surface area contributed by atoms with Crippen LogP contribution in [0.2, 0.25) is 1.41 Å². The van der Waals surface area contributed by atoms with Gasteiger partial charge in [0, 0.05) is 0 Å². The van der Waals surface area contributed by atoms with Crippen molar-refractivity contribution in [2.45, 2.75) is 25.4 Å². The fourth-order valence-electron chi connectivity index (χ4n) is 1.92. The van der Waals surface area contributed by atoms with Gasteiger partial charge >= 0.3 is 0 Å². The van der Waals surface area contributed by atoms with Gasteiger partial charge < -0.3 is 10.4 Å². The lowest BCUT2D eigenvalue weighted by Gasteiger charge is -2.33. The lowest BCUT2D eigenvalue weighted by atomic mass is 9.85. The van der Waals surface area contributed by atoms with Gasteiger partial charge in [-0.3, -0.25) is 0 Å². The fourth-order valence-corrected chi connectivity index (χ4v) is 1.92. The molecule has 2 nitrogen and oxygen atoms in total. The molecule has 76 valence electrons. The second-order valence-corrected chi connectivity index (χ2v) is 4.07. The van der Waals surface area contributed by atoms with Crippen molar-refractivity contribution >= 4 is 0 Å². The van der Waals surface area contributed by atoms with Crippen molar-refractivity contribution in [3.05, 3.63) is 35.4 Å². The Bertz CT molecular complexity index is 328. The van der Waals surface area contributed by atoms with Crippen LogP contribution in [0.3, 0.4) is 0 Å². The minimum Gasteiger partial charge on any atom is -0.385 e. The van der Waals surface area contributed by atoms with E-state index in [1.54, 1.807) is 0 Å². The Morgan fingerprint density at radius 1 is 1.29 bits per heavy atom. The highest BCUT2D eigenvalue weighted by atomic mass is 16.3. The molecule has 0 aliphatic carbocycles. The maximum Gasteiger partial charge on any atom is 0.122 e. The van der Waals surface area contributed by atoms with Gasteiger partial charge in [-0.15, -0.1) is 0 Å². The maximum absolute atomic E-state index is 10.4. The highest BCUT2D eigenvalue weighted by Gasteiger charge is 2.30. The summed E-state index contributed by atoms with van der Waals surface area (Å²) in [6.45, 7) is 3.33. The van der Waals surface area contributed by atoms with Crippen LogP contribution in [-0.4, -0.2) is 18.2 Å². The Balaban J connectivity index is 2.18. The number of piperidine rings is 1. The second-order valence-electron chi connectivity index (χ2n) is 4.07. The quantitative estimate of drug-likeness (QED) is 0.708. The van der Waals surface area contributed by atoms with Gasteiger partial charge in [-0.1, -0.05) is 29.8 Å². The highest BCUT2D eigenvalue weighted by molar-refractivity contribution is 5.27. The third kappa shape index (κ3) is 1.81. The van der Waals surface area contributed by atoms with Crippen LogP contribution in [-0.2, 0) is 5.60 Å². The molecule has 0 unspecified atom stereocenters. The second kappa shape index (κ2) is 3.71. The Morgan fingerprint density at radius 2 is 1.86 bits per heavy atom. The van der Waals surface area contributed by atoms with E-state index >= 15 is 0 Å². The largest absolute Gasteiger partial charge is 0.385 e. The Hall–Kier alpha value is -0.860. The van der Waals surface area contributed by atoms with Gasteiger partial charge in [0.2, 0.25) is 0 Å². The molecule has 1 aliphatic rings. The molecule has 2 N–H and O–H groups in total. The maximum atomic E-state index is 10.4. The number of hydrogen-bond donors (Lipinski definition) is 2. The van der Waals surface area contributed by atoms with Gasteiger partial charge in [0.1, 0.15) is 1.41 Å². The first-order valence-electron chi connectivity index (χ1n) is 5.58. The van der Waals surface area contributed by atoms with Crippen LogP contribution >= 0.6 is 0 Å². The van der Waals surface area contributed by atoms with Gasteiger partial charge in [-0.2, -0.15) is 0 Å². The lowest BCUT2D eigenvalue weighted by molar-refractivity contribution is 0.00593. The first kappa shape index (κ1) is 8.45. The molecule has 2 heteroatoms. The van der Waals surface area contributed by atoms with Crippen LogP contribution in [0.15, 0.2) is 24.3 Å². The molecule has 0 atom stereocenters. The summed E-state index contributed by atoms with van der Waals surface area (Å²) < 4.78 is 7.47. The third-order valence-corrected chi connectivity index (χ3v) is 2.96. The zero-order valence-corrected chi connectivity index (χ0v) is 8.53. The Labute approximate surface area is 86.4 Å². The van der Waals surface area contributed by atoms with Crippen molar-refractivity contribution in [1.82, 2.24) is 5.31 Å². The monoisotopic (exact) mass is 192 g/mol. The van der Waals surface area contributed by atoms with E-state index in [-0.39, 0.29) is 0 Å². The number of nitrogens with one attached hydrogen (secondary N) is 1. The summed E-state index contributed by atoms with van der Waals surface area (Å²) in [6, 6.07) is 8.05. The molecule has 1 heterocycles. The van der Waals surface area contributed by atoms with E-state index in [2.05, 4.69) is 0 Å². The summed E-state index contributed by atoms with van der Waals surface area (Å²) in [4.78, 5) is 0. The average Bonchev–Trinajstić information content (AvgIpc) is 2.24. The van der Waals surface area contributed by atoms with Gasteiger partial charge in [0.15, 0.2) is 0 Å². The lowest BCUT2D eigenvalue weighted by Crippen LogP contribution is -2.39. The van der Waals surface area contributed by atoms with Crippen LogP contribution in [0.5, 0.6) is 0 Å². The topological polar surface area (TPSA) is 32.3 Å². The molecule has 1 saturated heterocycles. The van der Waals surface area contributed by atoms with E-state index in [0.29, 0.717) is 25.9 Å². The van der Waals surface area contributed by atoms with E-state index in [9.17, 15) is 5.11 Å². The Kier molecular flexibility index (Phi) is 2.24. The molecule has 1 aliphatic heterocycles. The summed E-state index contributed by atoms with van der Waals surface area (Å²) in [7, 11) is 0. The highest BCUT2D eigenvalue weighted by Crippen LogP contribution is 2.30. The molecular formula is C12H17NO. The molecule has 0 amide bonds. The molecule has 14 heavy (non-hydrogen) atoms. The molecule has 1 fully saturated rings. The normalized spacial score (nSPS) is 23.1. The van der Waals surface area contributed by atoms with Crippen molar-refractivity contribution in [1.29, 1.82) is 0 Å². The number of hydrogen-bond acceptors (Lipinski definition) is 2. The molecular weight excluding hydrogens is 174 g/mol. The average molecular weight is 192 g/mol. The van der Waals surface area contributed by atoms with E-state index in [4.69, 9.17) is 1.41 Å². The standard InChI is InChI=1S/C12H17NO/c1-10-2-4-11(5-3-10)12(14)6-8-13-9-7-12/h2-5,13-14H,6-9H2,1H3/i/hD. The molecule has 0 saturated carbocycles. The third-order valence-electron chi connectivity index (χ3n) is 2.96. The first-order valence-corrected chi connectivity index (χ1v) is 5.13. The van der Waals surface area contributed by atoms with Crippen molar-refractivity contribution in [3.63, 3.8) is 0 Å². The molecule has 0 bridgehead atoms.